The first kappa shape index (κ1) is 14.1. The first-order chi connectivity index (χ1) is 8.63. The molecule has 0 aromatic carbocycles. The normalized spacial score (nSPS) is 11.1. The third kappa shape index (κ3) is 4.92. The standard InChI is InChI=1S/C12H18N4O2/c1-16(2)7-3-6-13-12(17)10-4-5-11(9-15-18)14-8-10/h4-5,8-9,18H,3,6-7H2,1-2H3,(H,13,17). The lowest BCUT2D eigenvalue weighted by Crippen LogP contribution is -2.27. The Morgan fingerprint density at radius 2 is 2.33 bits per heavy atom. The number of nitrogens with zero attached hydrogens (tertiary/aromatic N) is 3. The van der Waals surface area contributed by atoms with E-state index in [1.54, 1.807) is 12.1 Å². The topological polar surface area (TPSA) is 77.8 Å². The summed E-state index contributed by atoms with van der Waals surface area (Å²) in [6.45, 7) is 1.57. The molecule has 0 aliphatic heterocycles. The fraction of sp³-hybridized carbons (Fsp3) is 0.417. The Hall–Kier alpha value is -1.95. The summed E-state index contributed by atoms with van der Waals surface area (Å²) < 4.78 is 0. The van der Waals surface area contributed by atoms with Gasteiger partial charge in [-0.2, -0.15) is 0 Å². The molecule has 0 spiro atoms. The molecule has 0 unspecified atom stereocenters. The highest BCUT2D eigenvalue weighted by Gasteiger charge is 2.04. The number of amides is 1. The zero-order valence-corrected chi connectivity index (χ0v) is 10.6. The highest BCUT2D eigenvalue weighted by Crippen LogP contribution is 1.98. The number of nitrogens with one attached hydrogen (secondary N) is 1. The van der Waals surface area contributed by atoms with Crippen molar-refractivity contribution in [1.82, 2.24) is 15.2 Å². The average Bonchev–Trinajstić information content (AvgIpc) is 2.35. The zero-order chi connectivity index (χ0) is 13.4. The van der Waals surface area contributed by atoms with E-state index in [2.05, 4.69) is 20.4 Å². The van der Waals surface area contributed by atoms with Gasteiger partial charge in [-0.15, -0.1) is 0 Å². The first-order valence-electron chi connectivity index (χ1n) is 5.70. The highest BCUT2D eigenvalue weighted by molar-refractivity contribution is 5.94. The van der Waals surface area contributed by atoms with Gasteiger partial charge in [-0.25, -0.2) is 0 Å². The summed E-state index contributed by atoms with van der Waals surface area (Å²) >= 11 is 0. The minimum atomic E-state index is -0.145. The molecule has 1 amide bonds. The number of carbonyl (C=O) groups excluding carboxylic acids is 1. The van der Waals surface area contributed by atoms with Crippen molar-refractivity contribution in [2.75, 3.05) is 27.2 Å². The Kier molecular flexibility index (Phi) is 5.79. The molecule has 6 nitrogen and oxygen atoms in total. The van der Waals surface area contributed by atoms with E-state index in [9.17, 15) is 4.79 Å². The third-order valence-corrected chi connectivity index (χ3v) is 2.31. The summed E-state index contributed by atoms with van der Waals surface area (Å²) in [6.07, 6.45) is 3.57. The number of rotatable bonds is 6. The molecule has 98 valence electrons. The fourth-order valence-electron chi connectivity index (χ4n) is 1.37. The Bertz CT molecular complexity index is 401. The number of carbonyl (C=O) groups is 1. The summed E-state index contributed by atoms with van der Waals surface area (Å²) in [7, 11) is 3.99. The molecule has 2 N–H and O–H groups in total. The lowest BCUT2D eigenvalue weighted by Gasteiger charge is -2.09. The quantitative estimate of drug-likeness (QED) is 0.335. The lowest BCUT2D eigenvalue weighted by atomic mass is 10.2. The second kappa shape index (κ2) is 7.39. The fourth-order valence-corrected chi connectivity index (χ4v) is 1.37. The molecule has 0 radical (unpaired) electrons. The maximum absolute atomic E-state index is 11.7. The average molecular weight is 250 g/mol. The van der Waals surface area contributed by atoms with Crippen LogP contribution in [0.4, 0.5) is 0 Å². The monoisotopic (exact) mass is 250 g/mol. The minimum Gasteiger partial charge on any atom is -0.411 e. The molecule has 1 heterocycles. The molecule has 18 heavy (non-hydrogen) atoms. The molecule has 1 aromatic rings. The molecule has 1 aromatic heterocycles. The minimum absolute atomic E-state index is 0.145. The van der Waals surface area contributed by atoms with Crippen LogP contribution in [0.5, 0.6) is 0 Å². The van der Waals surface area contributed by atoms with Crippen LogP contribution in [-0.2, 0) is 0 Å². The summed E-state index contributed by atoms with van der Waals surface area (Å²) in [5.74, 6) is -0.145. The molecule has 0 bridgehead atoms. The first-order valence-corrected chi connectivity index (χ1v) is 5.70. The molecule has 0 saturated heterocycles. The predicted octanol–water partition coefficient (Wildman–Crippen LogP) is 0.571. The van der Waals surface area contributed by atoms with E-state index < -0.39 is 0 Å². The van der Waals surface area contributed by atoms with Crippen LogP contribution in [0.25, 0.3) is 0 Å². The summed E-state index contributed by atoms with van der Waals surface area (Å²) in [6, 6.07) is 3.26. The summed E-state index contributed by atoms with van der Waals surface area (Å²) in [4.78, 5) is 17.7. The van der Waals surface area contributed by atoms with E-state index in [0.29, 0.717) is 17.8 Å². The molecule has 1 rings (SSSR count). The van der Waals surface area contributed by atoms with Crippen LogP contribution in [0.2, 0.25) is 0 Å². The number of hydrogen-bond donors (Lipinski definition) is 2. The van der Waals surface area contributed by atoms with Gasteiger partial charge in [0.2, 0.25) is 0 Å². The Morgan fingerprint density at radius 3 is 2.89 bits per heavy atom. The van der Waals surface area contributed by atoms with Gasteiger partial charge in [-0.3, -0.25) is 9.78 Å². The van der Waals surface area contributed by atoms with Crippen molar-refractivity contribution >= 4 is 12.1 Å². The van der Waals surface area contributed by atoms with Gasteiger partial charge in [0.1, 0.15) is 0 Å². The maximum Gasteiger partial charge on any atom is 0.252 e. The van der Waals surface area contributed by atoms with E-state index in [0.717, 1.165) is 13.0 Å². The van der Waals surface area contributed by atoms with Crippen molar-refractivity contribution in [2.45, 2.75) is 6.42 Å². The Labute approximate surface area is 106 Å². The molecule has 0 aliphatic rings. The number of aromatic nitrogens is 1. The Balaban J connectivity index is 2.41. The van der Waals surface area contributed by atoms with Crippen molar-refractivity contribution in [3.63, 3.8) is 0 Å². The van der Waals surface area contributed by atoms with Gasteiger partial charge in [0, 0.05) is 12.7 Å². The SMILES string of the molecule is CN(C)CCCNC(=O)c1ccc(C=NO)nc1. The number of oxime groups is 1. The maximum atomic E-state index is 11.7. The second-order valence-corrected chi connectivity index (χ2v) is 4.13. The van der Waals surface area contributed by atoms with Crippen LogP contribution < -0.4 is 5.32 Å². The van der Waals surface area contributed by atoms with Gasteiger partial charge in [0.25, 0.3) is 5.91 Å². The largest absolute Gasteiger partial charge is 0.411 e. The van der Waals surface area contributed by atoms with Gasteiger partial charge < -0.3 is 15.4 Å². The van der Waals surface area contributed by atoms with Crippen LogP contribution in [0.1, 0.15) is 22.5 Å². The van der Waals surface area contributed by atoms with Gasteiger partial charge in [0.15, 0.2) is 0 Å². The van der Waals surface area contributed by atoms with E-state index in [4.69, 9.17) is 5.21 Å². The van der Waals surface area contributed by atoms with E-state index in [1.165, 1.54) is 12.4 Å². The molecule has 0 atom stereocenters. The van der Waals surface area contributed by atoms with E-state index in [-0.39, 0.29) is 5.91 Å². The van der Waals surface area contributed by atoms with Crippen LogP contribution >= 0.6 is 0 Å². The smallest absolute Gasteiger partial charge is 0.252 e. The lowest BCUT2D eigenvalue weighted by molar-refractivity contribution is 0.0952. The van der Waals surface area contributed by atoms with Crippen molar-refractivity contribution < 1.29 is 10.0 Å². The van der Waals surface area contributed by atoms with Crippen LogP contribution in [0.3, 0.4) is 0 Å². The predicted molar refractivity (Wildman–Crippen MR) is 69.1 cm³/mol. The van der Waals surface area contributed by atoms with Gasteiger partial charge in [0.05, 0.1) is 17.5 Å². The Morgan fingerprint density at radius 1 is 1.56 bits per heavy atom. The molecule has 0 saturated carbocycles. The molecule has 0 aliphatic carbocycles. The van der Waals surface area contributed by atoms with E-state index in [1.807, 2.05) is 14.1 Å². The highest BCUT2D eigenvalue weighted by atomic mass is 16.4. The molecular weight excluding hydrogens is 232 g/mol. The molecule has 0 fully saturated rings. The third-order valence-electron chi connectivity index (χ3n) is 2.31. The zero-order valence-electron chi connectivity index (χ0n) is 10.6. The summed E-state index contributed by atoms with van der Waals surface area (Å²) in [5.41, 5.74) is 0.997. The van der Waals surface area contributed by atoms with Crippen molar-refractivity contribution in [3.8, 4) is 0 Å². The van der Waals surface area contributed by atoms with Crippen molar-refractivity contribution in [2.24, 2.45) is 5.16 Å². The van der Waals surface area contributed by atoms with Crippen LogP contribution in [0.15, 0.2) is 23.5 Å². The van der Waals surface area contributed by atoms with Crippen LogP contribution in [-0.4, -0.2) is 54.4 Å². The number of pyridine rings is 1. The molecule has 6 heteroatoms. The van der Waals surface area contributed by atoms with Gasteiger partial charge in [-0.05, 0) is 39.2 Å². The second-order valence-electron chi connectivity index (χ2n) is 4.13. The summed E-state index contributed by atoms with van der Waals surface area (Å²) in [5, 5.41) is 14.0. The van der Waals surface area contributed by atoms with Crippen molar-refractivity contribution in [3.05, 3.63) is 29.6 Å². The van der Waals surface area contributed by atoms with Gasteiger partial charge >= 0.3 is 0 Å². The van der Waals surface area contributed by atoms with E-state index >= 15 is 0 Å². The van der Waals surface area contributed by atoms with Crippen molar-refractivity contribution in [1.29, 1.82) is 0 Å². The van der Waals surface area contributed by atoms with Gasteiger partial charge in [-0.1, -0.05) is 5.16 Å². The molecular formula is C12H18N4O2. The number of hydrogen-bond acceptors (Lipinski definition) is 5. The van der Waals surface area contributed by atoms with Crippen LogP contribution in [0, 0.1) is 0 Å².